The Balaban J connectivity index is 1.82. The van der Waals surface area contributed by atoms with Crippen molar-refractivity contribution in [2.45, 2.75) is 17.9 Å². The van der Waals surface area contributed by atoms with Crippen LogP contribution in [0, 0.1) is 0 Å². The van der Waals surface area contributed by atoms with Crippen molar-refractivity contribution in [3.8, 4) is 0 Å². The zero-order chi connectivity index (χ0) is 17.5. The number of aryl methyl sites for hydroxylation is 1. The summed E-state index contributed by atoms with van der Waals surface area (Å²) in [5.74, 6) is 0.200. The molecule has 0 spiro atoms. The van der Waals surface area contributed by atoms with Crippen LogP contribution in [0.2, 0.25) is 0 Å². The number of nitrogens with zero attached hydrogens (tertiary/aromatic N) is 1. The third kappa shape index (κ3) is 3.06. The largest absolute Gasteiger partial charge is 0.459 e. The van der Waals surface area contributed by atoms with Crippen LogP contribution in [0.3, 0.4) is 0 Å². The first-order valence-electron chi connectivity index (χ1n) is 7.24. The van der Waals surface area contributed by atoms with E-state index >= 15 is 0 Å². The molecule has 24 heavy (non-hydrogen) atoms. The van der Waals surface area contributed by atoms with E-state index in [4.69, 9.17) is 9.56 Å². The van der Waals surface area contributed by atoms with Gasteiger partial charge in [-0.05, 0) is 25.1 Å². The lowest BCUT2D eigenvalue weighted by Crippen LogP contribution is -2.27. The molecule has 2 heterocycles. The summed E-state index contributed by atoms with van der Waals surface area (Å²) < 4.78 is 29.9. The van der Waals surface area contributed by atoms with Crippen LogP contribution in [-0.2, 0) is 17.1 Å². The van der Waals surface area contributed by atoms with E-state index in [0.29, 0.717) is 5.76 Å². The zero-order valence-electron chi connectivity index (χ0n) is 13.2. The molecule has 0 saturated heterocycles. The van der Waals surface area contributed by atoms with Crippen LogP contribution in [0.5, 0.6) is 0 Å². The molecule has 0 aliphatic carbocycles. The molecule has 8 heteroatoms. The standard InChI is InChI=1S/C16H17N3O4S/c1-10(15-7-11-5-3-4-6-14(11)23-15)18-16(20)13-8-12(9-19(13)2)24(17,21)22/h3-10H,1-2H3,(H,18,20)(H2,17,21,22)/t10-/m0/s1. The van der Waals surface area contributed by atoms with Crippen LogP contribution in [0.4, 0.5) is 0 Å². The Kier molecular flexibility index (Phi) is 3.94. The molecule has 0 saturated carbocycles. The van der Waals surface area contributed by atoms with E-state index in [2.05, 4.69) is 5.32 Å². The first-order valence-corrected chi connectivity index (χ1v) is 8.79. The molecule has 1 atom stereocenters. The van der Waals surface area contributed by atoms with Gasteiger partial charge in [-0.3, -0.25) is 4.79 Å². The second-order valence-corrected chi connectivity index (χ2v) is 7.16. The lowest BCUT2D eigenvalue weighted by molar-refractivity contribution is 0.0927. The fourth-order valence-electron chi connectivity index (χ4n) is 2.47. The lowest BCUT2D eigenvalue weighted by atomic mass is 10.2. The number of benzene rings is 1. The molecule has 3 N–H and O–H groups in total. The molecule has 0 bridgehead atoms. The minimum Gasteiger partial charge on any atom is -0.459 e. The summed E-state index contributed by atoms with van der Waals surface area (Å²) in [6.07, 6.45) is 1.30. The van der Waals surface area contributed by atoms with Gasteiger partial charge in [-0.1, -0.05) is 18.2 Å². The quantitative estimate of drug-likeness (QED) is 0.751. The van der Waals surface area contributed by atoms with E-state index in [-0.39, 0.29) is 16.6 Å². The molecule has 126 valence electrons. The van der Waals surface area contributed by atoms with Crippen LogP contribution >= 0.6 is 0 Å². The Hall–Kier alpha value is -2.58. The molecule has 1 amide bonds. The molecule has 2 aromatic heterocycles. The van der Waals surface area contributed by atoms with Gasteiger partial charge in [-0.15, -0.1) is 0 Å². The number of furan rings is 1. The average molecular weight is 347 g/mol. The van der Waals surface area contributed by atoms with Crippen molar-refractivity contribution >= 4 is 26.9 Å². The molecular weight excluding hydrogens is 330 g/mol. The minimum absolute atomic E-state index is 0.105. The van der Waals surface area contributed by atoms with E-state index in [0.717, 1.165) is 11.0 Å². The first kappa shape index (κ1) is 16.3. The smallest absolute Gasteiger partial charge is 0.268 e. The Labute approximate surface area is 139 Å². The fourth-order valence-corrected chi connectivity index (χ4v) is 3.05. The lowest BCUT2D eigenvalue weighted by Gasteiger charge is -2.11. The number of nitrogens with one attached hydrogen (secondary N) is 1. The van der Waals surface area contributed by atoms with Crippen molar-refractivity contribution < 1.29 is 17.6 Å². The molecular formula is C16H17N3O4S. The maximum absolute atomic E-state index is 12.4. The summed E-state index contributed by atoms with van der Waals surface area (Å²) in [7, 11) is -2.28. The molecule has 0 unspecified atom stereocenters. The zero-order valence-corrected chi connectivity index (χ0v) is 14.0. The topological polar surface area (TPSA) is 107 Å². The predicted molar refractivity (Wildman–Crippen MR) is 88.9 cm³/mol. The van der Waals surface area contributed by atoms with Crippen molar-refractivity contribution in [2.24, 2.45) is 12.2 Å². The normalized spacial score (nSPS) is 13.1. The summed E-state index contributed by atoms with van der Waals surface area (Å²) in [5.41, 5.74) is 0.936. The van der Waals surface area contributed by atoms with Gasteiger partial charge in [-0.2, -0.15) is 0 Å². The van der Waals surface area contributed by atoms with E-state index in [9.17, 15) is 13.2 Å². The molecule has 1 aromatic carbocycles. The number of carbonyl (C=O) groups is 1. The van der Waals surface area contributed by atoms with Gasteiger partial charge in [0.1, 0.15) is 21.9 Å². The van der Waals surface area contributed by atoms with Crippen molar-refractivity contribution in [3.05, 3.63) is 54.0 Å². The van der Waals surface area contributed by atoms with Gasteiger partial charge in [-0.25, -0.2) is 13.6 Å². The maximum atomic E-state index is 12.4. The number of carbonyl (C=O) groups excluding carboxylic acids is 1. The number of amides is 1. The highest BCUT2D eigenvalue weighted by Gasteiger charge is 2.20. The van der Waals surface area contributed by atoms with Crippen molar-refractivity contribution in [3.63, 3.8) is 0 Å². The first-order chi connectivity index (χ1) is 11.3. The van der Waals surface area contributed by atoms with E-state index in [1.165, 1.54) is 16.8 Å². The number of rotatable bonds is 4. The summed E-state index contributed by atoms with van der Waals surface area (Å²) in [6.45, 7) is 1.79. The van der Waals surface area contributed by atoms with Crippen molar-refractivity contribution in [2.75, 3.05) is 0 Å². The third-order valence-corrected chi connectivity index (χ3v) is 4.64. The van der Waals surface area contributed by atoms with Gasteiger partial charge in [0.2, 0.25) is 10.0 Å². The maximum Gasteiger partial charge on any atom is 0.268 e. The fraction of sp³-hybridized carbons (Fsp3) is 0.188. The Morgan fingerprint density at radius 3 is 2.62 bits per heavy atom. The van der Waals surface area contributed by atoms with Crippen LogP contribution in [-0.4, -0.2) is 18.9 Å². The van der Waals surface area contributed by atoms with Gasteiger partial charge < -0.3 is 14.3 Å². The van der Waals surface area contributed by atoms with Crippen LogP contribution < -0.4 is 10.5 Å². The molecule has 3 aromatic rings. The molecule has 0 fully saturated rings. The number of primary sulfonamides is 1. The van der Waals surface area contributed by atoms with Gasteiger partial charge in [0, 0.05) is 18.6 Å². The molecule has 7 nitrogen and oxygen atoms in total. The Bertz CT molecular complexity index is 984. The predicted octanol–water partition coefficient (Wildman–Crippen LogP) is 1.91. The summed E-state index contributed by atoms with van der Waals surface area (Å²) in [6, 6.07) is 10.3. The second kappa shape index (κ2) is 5.81. The van der Waals surface area contributed by atoms with E-state index in [1.807, 2.05) is 30.3 Å². The number of aromatic nitrogens is 1. The highest BCUT2D eigenvalue weighted by Crippen LogP contribution is 2.24. The molecule has 0 radical (unpaired) electrons. The van der Waals surface area contributed by atoms with Crippen LogP contribution in [0.15, 0.2) is 51.9 Å². The number of fused-ring (bicyclic) bond motifs is 1. The Morgan fingerprint density at radius 2 is 2.00 bits per heavy atom. The summed E-state index contributed by atoms with van der Waals surface area (Å²) >= 11 is 0. The average Bonchev–Trinajstić information content (AvgIpc) is 3.09. The van der Waals surface area contributed by atoms with Crippen LogP contribution in [0.25, 0.3) is 11.0 Å². The monoisotopic (exact) mass is 347 g/mol. The third-order valence-electron chi connectivity index (χ3n) is 3.76. The molecule has 0 aliphatic heterocycles. The highest BCUT2D eigenvalue weighted by molar-refractivity contribution is 7.89. The number of para-hydroxylation sites is 1. The van der Waals surface area contributed by atoms with Crippen molar-refractivity contribution in [1.29, 1.82) is 0 Å². The van der Waals surface area contributed by atoms with Gasteiger partial charge in [0.05, 0.1) is 6.04 Å². The Morgan fingerprint density at radius 1 is 1.29 bits per heavy atom. The number of nitrogens with two attached hydrogens (primary N) is 1. The molecule has 3 rings (SSSR count). The number of sulfonamides is 1. The van der Waals surface area contributed by atoms with Gasteiger partial charge >= 0.3 is 0 Å². The summed E-state index contributed by atoms with van der Waals surface area (Å²) in [5, 5.41) is 8.82. The SMILES string of the molecule is C[C@H](NC(=O)c1cc(S(N)(=O)=O)cn1C)c1cc2ccccc2o1. The van der Waals surface area contributed by atoms with Crippen LogP contribution in [0.1, 0.15) is 29.2 Å². The highest BCUT2D eigenvalue weighted by atomic mass is 32.2. The minimum atomic E-state index is -3.86. The van der Waals surface area contributed by atoms with E-state index < -0.39 is 15.9 Å². The second-order valence-electron chi connectivity index (χ2n) is 5.60. The van der Waals surface area contributed by atoms with Gasteiger partial charge in [0.25, 0.3) is 5.91 Å². The van der Waals surface area contributed by atoms with E-state index in [1.54, 1.807) is 14.0 Å². The number of hydrogen-bond acceptors (Lipinski definition) is 4. The number of hydrogen-bond donors (Lipinski definition) is 2. The van der Waals surface area contributed by atoms with Gasteiger partial charge in [0.15, 0.2) is 0 Å². The molecule has 0 aliphatic rings. The summed E-state index contributed by atoms with van der Waals surface area (Å²) in [4.78, 5) is 12.3. The van der Waals surface area contributed by atoms with Crippen molar-refractivity contribution in [1.82, 2.24) is 9.88 Å².